The Morgan fingerprint density at radius 2 is 2.07 bits per heavy atom. The smallest absolute Gasteiger partial charge is 0.256 e. The zero-order valence-corrected chi connectivity index (χ0v) is 19.5. The normalized spacial score (nSPS) is 20.8. The van der Waals surface area contributed by atoms with Gasteiger partial charge in [-0.1, -0.05) is 38.8 Å². The van der Waals surface area contributed by atoms with Crippen molar-refractivity contribution in [1.29, 1.82) is 0 Å². The summed E-state index contributed by atoms with van der Waals surface area (Å²) in [6, 6.07) is 3.39. The lowest BCUT2D eigenvalue weighted by molar-refractivity contribution is 0.0934. The van der Waals surface area contributed by atoms with Gasteiger partial charge in [0.2, 0.25) is 0 Å². The Morgan fingerprint density at radius 3 is 2.77 bits per heavy atom. The van der Waals surface area contributed by atoms with E-state index in [1.807, 2.05) is 6.92 Å². The molecular weight excluding hydrogens is 420 g/mol. The number of phenols is 1. The van der Waals surface area contributed by atoms with Gasteiger partial charge in [0.1, 0.15) is 11.2 Å². The van der Waals surface area contributed by atoms with Crippen LogP contribution in [0.2, 0.25) is 5.02 Å². The fourth-order valence-corrected chi connectivity index (χ4v) is 6.02. The van der Waals surface area contributed by atoms with Gasteiger partial charge in [-0.15, -0.1) is 11.3 Å². The zero-order chi connectivity index (χ0) is 21.6. The average molecular weight is 449 g/mol. The largest absolute Gasteiger partial charge is 0.503 e. The number of nitrogens with one attached hydrogen (secondary N) is 2. The van der Waals surface area contributed by atoms with Crippen LogP contribution in [0.5, 0.6) is 11.5 Å². The summed E-state index contributed by atoms with van der Waals surface area (Å²) in [5.41, 5.74) is 3.06. The van der Waals surface area contributed by atoms with Crippen molar-refractivity contribution in [2.24, 2.45) is 11.3 Å². The number of amides is 1. The van der Waals surface area contributed by atoms with Gasteiger partial charge < -0.3 is 20.5 Å². The number of carbonyl (C=O) groups excluding carboxylic acids is 1. The number of benzene rings is 1. The standard InChI is InChI=1S/C23H29ClN2O3S/c1-5-23(3,4)13-7-8-14-17(11-13)30-22-18(14)21(28)25-20(26-22)12-9-15(24)19(27)16(10-12)29-6-2/h9-10,13,20,26-27H,5-8,11H2,1-4H3,(H,25,28). The van der Waals surface area contributed by atoms with Gasteiger partial charge in [0, 0.05) is 4.88 Å². The Balaban J connectivity index is 1.64. The Morgan fingerprint density at radius 1 is 1.30 bits per heavy atom. The average Bonchev–Trinajstić information content (AvgIpc) is 3.09. The number of hydrogen-bond acceptors (Lipinski definition) is 5. The van der Waals surface area contributed by atoms with Crippen molar-refractivity contribution in [2.75, 3.05) is 11.9 Å². The molecule has 0 radical (unpaired) electrons. The third-order valence-corrected chi connectivity index (χ3v) is 8.22. The lowest BCUT2D eigenvalue weighted by Crippen LogP contribution is -2.38. The number of halogens is 1. The van der Waals surface area contributed by atoms with Crippen LogP contribution in [-0.4, -0.2) is 17.6 Å². The van der Waals surface area contributed by atoms with Gasteiger partial charge in [-0.2, -0.15) is 0 Å². The fraction of sp³-hybridized carbons (Fsp3) is 0.522. The molecule has 1 aliphatic carbocycles. The molecule has 5 nitrogen and oxygen atoms in total. The Hall–Kier alpha value is -1.92. The summed E-state index contributed by atoms with van der Waals surface area (Å²) in [4.78, 5) is 14.4. The monoisotopic (exact) mass is 448 g/mol. The second-order valence-electron chi connectivity index (χ2n) is 8.82. The molecule has 1 aliphatic heterocycles. The predicted octanol–water partition coefficient (Wildman–Crippen LogP) is 5.90. The van der Waals surface area contributed by atoms with Crippen LogP contribution in [0.1, 0.15) is 73.1 Å². The molecule has 1 aromatic heterocycles. The van der Waals surface area contributed by atoms with E-state index in [9.17, 15) is 9.90 Å². The molecule has 0 spiro atoms. The van der Waals surface area contributed by atoms with Crippen LogP contribution in [0.4, 0.5) is 5.00 Å². The van der Waals surface area contributed by atoms with Crippen LogP contribution in [0, 0.1) is 11.3 Å². The molecule has 162 valence electrons. The van der Waals surface area contributed by atoms with E-state index in [1.165, 1.54) is 10.4 Å². The van der Waals surface area contributed by atoms with E-state index >= 15 is 0 Å². The molecule has 0 saturated carbocycles. The van der Waals surface area contributed by atoms with E-state index < -0.39 is 6.17 Å². The molecule has 2 atom stereocenters. The topological polar surface area (TPSA) is 70.6 Å². The van der Waals surface area contributed by atoms with Gasteiger partial charge in [0.15, 0.2) is 11.5 Å². The highest BCUT2D eigenvalue weighted by Crippen LogP contribution is 2.47. The summed E-state index contributed by atoms with van der Waals surface area (Å²) < 4.78 is 5.49. The van der Waals surface area contributed by atoms with Crippen molar-refractivity contribution in [3.05, 3.63) is 38.7 Å². The number of hydrogen-bond donors (Lipinski definition) is 3. The van der Waals surface area contributed by atoms with Crippen LogP contribution in [-0.2, 0) is 12.8 Å². The van der Waals surface area contributed by atoms with Crippen molar-refractivity contribution in [1.82, 2.24) is 5.32 Å². The minimum atomic E-state index is -0.426. The molecule has 3 N–H and O–H groups in total. The molecule has 2 aromatic rings. The molecule has 0 fully saturated rings. The van der Waals surface area contributed by atoms with Gasteiger partial charge in [-0.3, -0.25) is 4.79 Å². The molecule has 2 unspecified atom stereocenters. The quantitative estimate of drug-likeness (QED) is 0.532. The molecule has 30 heavy (non-hydrogen) atoms. The van der Waals surface area contributed by atoms with Crippen LogP contribution in [0.25, 0.3) is 0 Å². The number of rotatable bonds is 5. The summed E-state index contributed by atoms with van der Waals surface area (Å²) in [7, 11) is 0. The maximum Gasteiger partial charge on any atom is 0.256 e. The molecular formula is C23H29ClN2O3S. The van der Waals surface area contributed by atoms with E-state index in [0.717, 1.165) is 41.8 Å². The van der Waals surface area contributed by atoms with Crippen molar-refractivity contribution >= 4 is 33.8 Å². The van der Waals surface area contributed by atoms with Gasteiger partial charge in [0.05, 0.1) is 17.2 Å². The first-order valence-electron chi connectivity index (χ1n) is 10.6. The third kappa shape index (κ3) is 3.65. The van der Waals surface area contributed by atoms with E-state index in [2.05, 4.69) is 31.4 Å². The van der Waals surface area contributed by atoms with Crippen LogP contribution in [0.3, 0.4) is 0 Å². The van der Waals surface area contributed by atoms with Crippen molar-refractivity contribution in [3.63, 3.8) is 0 Å². The summed E-state index contributed by atoms with van der Waals surface area (Å²) in [6.07, 6.45) is 3.84. The highest BCUT2D eigenvalue weighted by Gasteiger charge is 2.37. The van der Waals surface area contributed by atoms with E-state index in [1.54, 1.807) is 23.5 Å². The van der Waals surface area contributed by atoms with E-state index in [4.69, 9.17) is 16.3 Å². The van der Waals surface area contributed by atoms with Gasteiger partial charge in [-0.05, 0) is 60.8 Å². The van der Waals surface area contributed by atoms with E-state index in [-0.39, 0.29) is 16.7 Å². The Labute approximate surface area is 186 Å². The van der Waals surface area contributed by atoms with Crippen molar-refractivity contribution < 1.29 is 14.6 Å². The first-order valence-corrected chi connectivity index (χ1v) is 11.8. The highest BCUT2D eigenvalue weighted by atomic mass is 35.5. The predicted molar refractivity (Wildman–Crippen MR) is 122 cm³/mol. The highest BCUT2D eigenvalue weighted by molar-refractivity contribution is 7.16. The summed E-state index contributed by atoms with van der Waals surface area (Å²) in [5.74, 6) is 0.818. The Bertz CT molecular complexity index is 985. The van der Waals surface area contributed by atoms with Crippen molar-refractivity contribution in [2.45, 2.75) is 59.5 Å². The molecule has 4 rings (SSSR count). The van der Waals surface area contributed by atoms with E-state index in [0.29, 0.717) is 23.7 Å². The number of anilines is 1. The number of ether oxygens (including phenoxy) is 1. The molecule has 1 amide bonds. The molecule has 0 bridgehead atoms. The number of carbonyl (C=O) groups is 1. The summed E-state index contributed by atoms with van der Waals surface area (Å²) in [6.45, 7) is 9.21. The molecule has 2 heterocycles. The molecule has 0 saturated heterocycles. The summed E-state index contributed by atoms with van der Waals surface area (Å²) >= 11 is 7.90. The third-order valence-electron chi connectivity index (χ3n) is 6.74. The second-order valence-corrected chi connectivity index (χ2v) is 10.3. The number of fused-ring (bicyclic) bond motifs is 3. The SMILES string of the molecule is CCOc1cc(C2NC(=O)c3c(sc4c3CCC(C(C)(C)CC)C4)N2)cc(Cl)c1O. The van der Waals surface area contributed by atoms with Gasteiger partial charge in [0.25, 0.3) is 5.91 Å². The van der Waals surface area contributed by atoms with Gasteiger partial charge in [-0.25, -0.2) is 0 Å². The first kappa shape index (κ1) is 21.3. The molecule has 1 aromatic carbocycles. The lowest BCUT2D eigenvalue weighted by Gasteiger charge is -2.36. The second kappa shape index (κ2) is 7.97. The van der Waals surface area contributed by atoms with Crippen LogP contribution < -0.4 is 15.4 Å². The minimum Gasteiger partial charge on any atom is -0.503 e. The summed E-state index contributed by atoms with van der Waals surface area (Å²) in [5, 5.41) is 17.8. The van der Waals surface area contributed by atoms with Gasteiger partial charge >= 0.3 is 0 Å². The Kier molecular flexibility index (Phi) is 5.66. The maximum absolute atomic E-state index is 13.0. The number of thiophene rings is 1. The zero-order valence-electron chi connectivity index (χ0n) is 17.9. The number of aromatic hydroxyl groups is 1. The fourth-order valence-electron chi connectivity index (χ4n) is 4.45. The molecule has 7 heteroatoms. The van der Waals surface area contributed by atoms with Crippen molar-refractivity contribution in [3.8, 4) is 11.5 Å². The number of phenolic OH excluding ortho intramolecular Hbond substituents is 1. The minimum absolute atomic E-state index is 0.0541. The molecule has 2 aliphatic rings. The van der Waals surface area contributed by atoms with Crippen LogP contribution in [0.15, 0.2) is 12.1 Å². The first-order chi connectivity index (χ1) is 14.2. The van der Waals surface area contributed by atoms with Crippen LogP contribution >= 0.6 is 22.9 Å². The lowest BCUT2D eigenvalue weighted by atomic mass is 9.69. The maximum atomic E-state index is 13.0.